The van der Waals surface area contributed by atoms with Crippen LogP contribution in [0, 0.1) is 12.3 Å². The van der Waals surface area contributed by atoms with E-state index >= 15 is 0 Å². The van der Waals surface area contributed by atoms with Gasteiger partial charge >= 0.3 is 0 Å². The molecule has 3 nitrogen and oxygen atoms in total. The van der Waals surface area contributed by atoms with Crippen LogP contribution in [0.25, 0.3) is 0 Å². The van der Waals surface area contributed by atoms with Crippen LogP contribution in [0.4, 0.5) is 0 Å². The summed E-state index contributed by atoms with van der Waals surface area (Å²) >= 11 is 0. The van der Waals surface area contributed by atoms with Gasteiger partial charge in [-0.25, -0.2) is 0 Å². The first-order chi connectivity index (χ1) is 7.99. The van der Waals surface area contributed by atoms with E-state index in [0.29, 0.717) is 6.54 Å². The summed E-state index contributed by atoms with van der Waals surface area (Å²) in [6, 6.07) is 8.38. The molecule has 0 aliphatic rings. The van der Waals surface area contributed by atoms with Crippen LogP contribution in [-0.2, 0) is 6.54 Å². The topological polar surface area (TPSA) is 43.7 Å². The summed E-state index contributed by atoms with van der Waals surface area (Å²) in [7, 11) is 2.01. The molecule has 0 aliphatic carbocycles. The van der Waals surface area contributed by atoms with Crippen molar-refractivity contribution >= 4 is 0 Å². The van der Waals surface area contributed by atoms with Gasteiger partial charge in [-0.15, -0.1) is 0 Å². The summed E-state index contributed by atoms with van der Waals surface area (Å²) in [5.74, 6) is 0. The Kier molecular flexibility index (Phi) is 5.12. The van der Waals surface area contributed by atoms with Gasteiger partial charge in [0.25, 0.3) is 0 Å². The Hall–Kier alpha value is -0.900. The average molecular weight is 237 g/mol. The van der Waals surface area contributed by atoms with Crippen molar-refractivity contribution in [1.82, 2.24) is 4.90 Å². The Bertz CT molecular complexity index is 348. The second-order valence-corrected chi connectivity index (χ2v) is 5.29. The molecule has 96 valence electrons. The smallest absolute Gasteiger partial charge is 0.0519 e. The first-order valence-electron chi connectivity index (χ1n) is 5.95. The van der Waals surface area contributed by atoms with Gasteiger partial charge in [0.05, 0.1) is 13.2 Å². The molecule has 0 bridgehead atoms. The highest BCUT2D eigenvalue weighted by Gasteiger charge is 2.24. The molecular formula is C14H23NO2. The zero-order chi connectivity index (χ0) is 12.9. The van der Waals surface area contributed by atoms with E-state index in [-0.39, 0.29) is 13.2 Å². The molecule has 0 spiro atoms. The van der Waals surface area contributed by atoms with E-state index in [1.165, 1.54) is 11.1 Å². The molecule has 0 radical (unpaired) electrons. The molecule has 0 saturated carbocycles. The average Bonchev–Trinajstić information content (AvgIpc) is 2.28. The van der Waals surface area contributed by atoms with E-state index in [1.807, 2.05) is 14.0 Å². The van der Waals surface area contributed by atoms with Crippen molar-refractivity contribution in [2.24, 2.45) is 5.41 Å². The van der Waals surface area contributed by atoms with Gasteiger partial charge in [0.2, 0.25) is 0 Å². The molecule has 0 unspecified atom stereocenters. The highest BCUT2D eigenvalue weighted by Crippen LogP contribution is 2.17. The molecule has 0 saturated heterocycles. The lowest BCUT2D eigenvalue weighted by Crippen LogP contribution is -2.38. The second kappa shape index (κ2) is 6.15. The highest BCUT2D eigenvalue weighted by molar-refractivity contribution is 5.22. The number of benzene rings is 1. The maximum atomic E-state index is 9.26. The van der Waals surface area contributed by atoms with E-state index in [4.69, 9.17) is 0 Å². The van der Waals surface area contributed by atoms with Crippen LogP contribution in [-0.4, -0.2) is 41.9 Å². The van der Waals surface area contributed by atoms with Gasteiger partial charge in [-0.1, -0.05) is 36.8 Å². The zero-order valence-corrected chi connectivity index (χ0v) is 11.0. The first kappa shape index (κ1) is 14.2. The molecule has 3 heteroatoms. The molecule has 0 heterocycles. The largest absolute Gasteiger partial charge is 0.396 e. The second-order valence-electron chi connectivity index (χ2n) is 5.29. The van der Waals surface area contributed by atoms with Crippen LogP contribution in [0.3, 0.4) is 0 Å². The van der Waals surface area contributed by atoms with Crippen molar-refractivity contribution < 1.29 is 10.2 Å². The molecule has 2 N–H and O–H groups in total. The maximum Gasteiger partial charge on any atom is 0.0519 e. The summed E-state index contributed by atoms with van der Waals surface area (Å²) < 4.78 is 0. The number of rotatable bonds is 6. The fourth-order valence-electron chi connectivity index (χ4n) is 1.98. The fraction of sp³-hybridized carbons (Fsp3) is 0.571. The van der Waals surface area contributed by atoms with Crippen LogP contribution in [0.5, 0.6) is 0 Å². The van der Waals surface area contributed by atoms with Crippen molar-refractivity contribution in [2.75, 3.05) is 26.8 Å². The van der Waals surface area contributed by atoms with Gasteiger partial charge < -0.3 is 15.1 Å². The monoisotopic (exact) mass is 237 g/mol. The third-order valence-corrected chi connectivity index (χ3v) is 2.95. The minimum absolute atomic E-state index is 0.00164. The molecule has 1 aromatic rings. The summed E-state index contributed by atoms with van der Waals surface area (Å²) in [5.41, 5.74) is 2.08. The molecule has 0 aromatic heterocycles. The minimum atomic E-state index is -0.432. The van der Waals surface area contributed by atoms with Gasteiger partial charge in [-0.3, -0.25) is 0 Å². The lowest BCUT2D eigenvalue weighted by Gasteiger charge is -2.30. The standard InChI is InChI=1S/C14H23NO2/c1-12-5-4-6-13(7-12)8-15(3)9-14(2,10-16)11-17/h4-7,16-17H,8-11H2,1-3H3. The van der Waals surface area contributed by atoms with Crippen LogP contribution >= 0.6 is 0 Å². The Morgan fingerprint density at radius 1 is 1.24 bits per heavy atom. The normalized spacial score (nSPS) is 12.1. The number of hydrogen-bond donors (Lipinski definition) is 2. The summed E-state index contributed by atoms with van der Waals surface area (Å²) in [6.07, 6.45) is 0. The summed E-state index contributed by atoms with van der Waals surface area (Å²) in [5, 5.41) is 18.5. The Labute approximate surface area is 104 Å². The van der Waals surface area contributed by atoms with Crippen molar-refractivity contribution in [2.45, 2.75) is 20.4 Å². The predicted molar refractivity (Wildman–Crippen MR) is 69.8 cm³/mol. The number of hydrogen-bond acceptors (Lipinski definition) is 3. The van der Waals surface area contributed by atoms with Crippen LogP contribution in [0.2, 0.25) is 0 Å². The third-order valence-electron chi connectivity index (χ3n) is 2.95. The molecular weight excluding hydrogens is 214 g/mol. The number of nitrogens with zero attached hydrogens (tertiary/aromatic N) is 1. The van der Waals surface area contributed by atoms with Crippen molar-refractivity contribution in [3.8, 4) is 0 Å². The van der Waals surface area contributed by atoms with Crippen LogP contribution in [0.15, 0.2) is 24.3 Å². The quantitative estimate of drug-likeness (QED) is 0.786. The molecule has 1 aromatic carbocycles. The molecule has 0 amide bonds. The van der Waals surface area contributed by atoms with Crippen molar-refractivity contribution in [3.05, 3.63) is 35.4 Å². The van der Waals surface area contributed by atoms with Gasteiger partial charge in [0, 0.05) is 18.5 Å². The molecule has 0 atom stereocenters. The Balaban J connectivity index is 2.58. The van der Waals surface area contributed by atoms with E-state index in [9.17, 15) is 10.2 Å². The lowest BCUT2D eigenvalue weighted by atomic mass is 9.92. The van der Waals surface area contributed by atoms with E-state index in [1.54, 1.807) is 0 Å². The van der Waals surface area contributed by atoms with E-state index in [0.717, 1.165) is 6.54 Å². The number of aliphatic hydroxyl groups is 2. The zero-order valence-electron chi connectivity index (χ0n) is 11.0. The van der Waals surface area contributed by atoms with Gasteiger partial charge in [0.15, 0.2) is 0 Å². The van der Waals surface area contributed by atoms with Crippen LogP contribution < -0.4 is 0 Å². The Morgan fingerprint density at radius 2 is 1.88 bits per heavy atom. The van der Waals surface area contributed by atoms with E-state index < -0.39 is 5.41 Å². The van der Waals surface area contributed by atoms with Crippen LogP contribution in [0.1, 0.15) is 18.1 Å². The summed E-state index contributed by atoms with van der Waals surface area (Å²) in [6.45, 7) is 5.48. The minimum Gasteiger partial charge on any atom is -0.396 e. The Morgan fingerprint density at radius 3 is 2.41 bits per heavy atom. The number of aryl methyl sites for hydroxylation is 1. The van der Waals surface area contributed by atoms with Crippen molar-refractivity contribution in [3.63, 3.8) is 0 Å². The molecule has 1 rings (SSSR count). The fourth-order valence-corrected chi connectivity index (χ4v) is 1.98. The van der Waals surface area contributed by atoms with Gasteiger partial charge in [-0.05, 0) is 19.5 Å². The first-order valence-corrected chi connectivity index (χ1v) is 5.95. The van der Waals surface area contributed by atoms with Gasteiger partial charge in [0.1, 0.15) is 0 Å². The highest BCUT2D eigenvalue weighted by atomic mass is 16.3. The van der Waals surface area contributed by atoms with Crippen molar-refractivity contribution in [1.29, 1.82) is 0 Å². The summed E-state index contributed by atoms with van der Waals surface area (Å²) in [4.78, 5) is 2.13. The predicted octanol–water partition coefficient (Wildman–Crippen LogP) is 1.42. The number of aliphatic hydroxyl groups excluding tert-OH is 2. The molecule has 17 heavy (non-hydrogen) atoms. The SMILES string of the molecule is Cc1cccc(CN(C)CC(C)(CO)CO)c1. The molecule has 0 aliphatic heterocycles. The molecule has 0 fully saturated rings. The van der Waals surface area contributed by atoms with Gasteiger partial charge in [-0.2, -0.15) is 0 Å². The maximum absolute atomic E-state index is 9.26. The third kappa shape index (κ3) is 4.46. The van der Waals surface area contributed by atoms with E-state index in [2.05, 4.69) is 36.1 Å². The lowest BCUT2D eigenvalue weighted by molar-refractivity contribution is 0.0402.